The van der Waals surface area contributed by atoms with E-state index in [2.05, 4.69) is 29.4 Å². The van der Waals surface area contributed by atoms with Crippen molar-refractivity contribution in [3.8, 4) is 11.5 Å². The number of carbonyl (C=O) groups excluding carboxylic acids is 1. The molecule has 1 N–H and O–H groups in total. The second-order valence-corrected chi connectivity index (χ2v) is 7.39. The summed E-state index contributed by atoms with van der Waals surface area (Å²) >= 11 is 0. The topological polar surface area (TPSA) is 54.6 Å². The van der Waals surface area contributed by atoms with E-state index < -0.39 is 0 Å². The number of aromatic amines is 1. The number of fused-ring (bicyclic) bond motifs is 1. The summed E-state index contributed by atoms with van der Waals surface area (Å²) in [7, 11) is 1.61. The summed E-state index contributed by atoms with van der Waals surface area (Å²) in [6.45, 7) is 3.56. The molecule has 0 aliphatic carbocycles. The van der Waals surface area contributed by atoms with Crippen LogP contribution in [0.4, 0.5) is 0 Å². The summed E-state index contributed by atoms with van der Waals surface area (Å²) in [6.07, 6.45) is 4.07. The van der Waals surface area contributed by atoms with Crippen LogP contribution in [0.2, 0.25) is 0 Å². The number of para-hydroxylation sites is 1. The van der Waals surface area contributed by atoms with E-state index in [-0.39, 0.29) is 12.5 Å². The van der Waals surface area contributed by atoms with Crippen LogP contribution in [0.15, 0.2) is 48.7 Å². The molecule has 2 aromatic carbocycles. The zero-order valence-corrected chi connectivity index (χ0v) is 16.4. The van der Waals surface area contributed by atoms with Crippen molar-refractivity contribution in [1.29, 1.82) is 0 Å². The number of aromatic nitrogens is 1. The number of H-pyrrole nitrogens is 1. The molecule has 28 heavy (non-hydrogen) atoms. The molecule has 0 spiro atoms. The molecule has 2 heterocycles. The lowest BCUT2D eigenvalue weighted by Crippen LogP contribution is -2.40. The maximum absolute atomic E-state index is 12.6. The molecule has 1 saturated heterocycles. The van der Waals surface area contributed by atoms with Crippen molar-refractivity contribution in [1.82, 2.24) is 9.88 Å². The first-order valence-corrected chi connectivity index (χ1v) is 9.77. The fourth-order valence-corrected chi connectivity index (χ4v) is 4.00. The van der Waals surface area contributed by atoms with E-state index in [1.54, 1.807) is 7.11 Å². The lowest BCUT2D eigenvalue weighted by Gasteiger charge is -2.32. The first-order valence-electron chi connectivity index (χ1n) is 9.77. The maximum atomic E-state index is 12.6. The minimum Gasteiger partial charge on any atom is -0.493 e. The molecule has 4 rings (SSSR count). The molecule has 1 fully saturated rings. The number of aryl methyl sites for hydroxylation is 1. The molecule has 0 bridgehead atoms. The molecule has 1 aliphatic rings. The molecule has 0 atom stereocenters. The predicted octanol–water partition coefficient (Wildman–Crippen LogP) is 4.27. The zero-order valence-electron chi connectivity index (χ0n) is 16.4. The van der Waals surface area contributed by atoms with Gasteiger partial charge in [0.25, 0.3) is 5.91 Å². The highest BCUT2D eigenvalue weighted by Gasteiger charge is 2.25. The van der Waals surface area contributed by atoms with Crippen molar-refractivity contribution >= 4 is 16.8 Å². The number of nitrogens with zero attached hydrogens (tertiary/aromatic N) is 1. The standard InChI is InChI=1S/C23H26N2O3/c1-16-7-8-21(22(13-16)27-2)28-15-23(26)25-11-9-17(10-12-25)19-14-24-20-6-4-3-5-18(19)20/h3-8,13-14,17,24H,9-12,15H2,1-2H3. The van der Waals surface area contributed by atoms with Crippen LogP contribution < -0.4 is 9.47 Å². The van der Waals surface area contributed by atoms with E-state index in [1.807, 2.05) is 36.1 Å². The molecule has 5 heteroatoms. The minimum atomic E-state index is 0.0278. The third-order valence-electron chi connectivity index (χ3n) is 5.58. The molecular weight excluding hydrogens is 352 g/mol. The van der Waals surface area contributed by atoms with Gasteiger partial charge >= 0.3 is 0 Å². The van der Waals surface area contributed by atoms with Gasteiger partial charge in [-0.1, -0.05) is 24.3 Å². The van der Waals surface area contributed by atoms with Gasteiger partial charge in [-0.25, -0.2) is 0 Å². The Morgan fingerprint density at radius 3 is 2.71 bits per heavy atom. The molecule has 1 aromatic heterocycles. The van der Waals surface area contributed by atoms with Crippen molar-refractivity contribution in [2.24, 2.45) is 0 Å². The Bertz CT molecular complexity index is 971. The van der Waals surface area contributed by atoms with Gasteiger partial charge in [0.1, 0.15) is 0 Å². The summed E-state index contributed by atoms with van der Waals surface area (Å²) in [6, 6.07) is 14.1. The van der Waals surface area contributed by atoms with E-state index in [1.165, 1.54) is 16.5 Å². The third kappa shape index (κ3) is 3.70. The predicted molar refractivity (Wildman–Crippen MR) is 110 cm³/mol. The van der Waals surface area contributed by atoms with Crippen LogP contribution in [0, 0.1) is 6.92 Å². The summed E-state index contributed by atoms with van der Waals surface area (Å²) < 4.78 is 11.1. The number of carbonyl (C=O) groups is 1. The number of methoxy groups -OCH3 is 1. The van der Waals surface area contributed by atoms with Gasteiger partial charge in [0, 0.05) is 30.2 Å². The Kier molecular flexibility index (Phi) is 5.24. The zero-order chi connectivity index (χ0) is 19.5. The monoisotopic (exact) mass is 378 g/mol. The number of ether oxygens (including phenoxy) is 2. The summed E-state index contributed by atoms with van der Waals surface area (Å²) in [5.41, 5.74) is 3.63. The Morgan fingerprint density at radius 1 is 1.14 bits per heavy atom. The van der Waals surface area contributed by atoms with E-state index in [0.29, 0.717) is 17.4 Å². The van der Waals surface area contributed by atoms with E-state index in [4.69, 9.17) is 9.47 Å². The molecule has 0 unspecified atom stereocenters. The molecule has 0 saturated carbocycles. The highest BCUT2D eigenvalue weighted by atomic mass is 16.5. The van der Waals surface area contributed by atoms with Crippen LogP contribution in [0.5, 0.6) is 11.5 Å². The van der Waals surface area contributed by atoms with Gasteiger partial charge in [-0.2, -0.15) is 0 Å². The van der Waals surface area contributed by atoms with Crippen molar-refractivity contribution in [3.05, 3.63) is 59.8 Å². The van der Waals surface area contributed by atoms with Crippen LogP contribution >= 0.6 is 0 Å². The van der Waals surface area contributed by atoms with Gasteiger partial charge in [-0.3, -0.25) is 4.79 Å². The largest absolute Gasteiger partial charge is 0.493 e. The first kappa shape index (κ1) is 18.4. The minimum absolute atomic E-state index is 0.0278. The second kappa shape index (κ2) is 7.97. The van der Waals surface area contributed by atoms with Crippen LogP contribution in [-0.2, 0) is 4.79 Å². The number of piperidine rings is 1. The van der Waals surface area contributed by atoms with Crippen LogP contribution in [0.25, 0.3) is 10.9 Å². The average molecular weight is 378 g/mol. The number of rotatable bonds is 5. The Hall–Kier alpha value is -2.95. The first-order chi connectivity index (χ1) is 13.7. The highest BCUT2D eigenvalue weighted by molar-refractivity contribution is 5.83. The van der Waals surface area contributed by atoms with E-state index in [9.17, 15) is 4.79 Å². The fraction of sp³-hybridized carbons (Fsp3) is 0.348. The molecule has 5 nitrogen and oxygen atoms in total. The van der Waals surface area contributed by atoms with E-state index >= 15 is 0 Å². The molecule has 3 aromatic rings. The average Bonchev–Trinajstić information content (AvgIpc) is 3.17. The number of benzene rings is 2. The van der Waals surface area contributed by atoms with Crippen molar-refractivity contribution in [2.75, 3.05) is 26.8 Å². The number of amides is 1. The number of nitrogens with one attached hydrogen (secondary N) is 1. The van der Waals surface area contributed by atoms with Crippen LogP contribution in [-0.4, -0.2) is 42.6 Å². The van der Waals surface area contributed by atoms with Gasteiger partial charge in [-0.05, 0) is 55.0 Å². The SMILES string of the molecule is COc1cc(C)ccc1OCC(=O)N1CCC(c2c[nH]c3ccccc23)CC1. The Balaban J connectivity index is 1.34. The smallest absolute Gasteiger partial charge is 0.260 e. The summed E-state index contributed by atoms with van der Waals surface area (Å²) in [4.78, 5) is 17.9. The van der Waals surface area contributed by atoms with Gasteiger partial charge in [0.2, 0.25) is 0 Å². The quantitative estimate of drug-likeness (QED) is 0.721. The molecular formula is C23H26N2O3. The highest BCUT2D eigenvalue weighted by Crippen LogP contribution is 2.33. The lowest BCUT2D eigenvalue weighted by molar-refractivity contribution is -0.134. The second-order valence-electron chi connectivity index (χ2n) is 7.39. The van der Waals surface area contributed by atoms with Crippen molar-refractivity contribution in [2.45, 2.75) is 25.7 Å². The van der Waals surface area contributed by atoms with Gasteiger partial charge in [-0.15, -0.1) is 0 Å². The van der Waals surface area contributed by atoms with Gasteiger partial charge < -0.3 is 19.4 Å². The molecule has 1 amide bonds. The molecule has 0 radical (unpaired) electrons. The summed E-state index contributed by atoms with van der Waals surface area (Å²) in [5, 5.41) is 1.29. The summed E-state index contributed by atoms with van der Waals surface area (Å²) in [5.74, 6) is 1.78. The number of likely N-dealkylation sites (tertiary alicyclic amines) is 1. The fourth-order valence-electron chi connectivity index (χ4n) is 4.00. The Labute approximate surface area is 165 Å². The molecule has 146 valence electrons. The maximum Gasteiger partial charge on any atom is 0.260 e. The van der Waals surface area contributed by atoms with Crippen molar-refractivity contribution in [3.63, 3.8) is 0 Å². The van der Waals surface area contributed by atoms with Crippen molar-refractivity contribution < 1.29 is 14.3 Å². The molecule has 1 aliphatic heterocycles. The van der Waals surface area contributed by atoms with Gasteiger partial charge in [0.05, 0.1) is 7.11 Å². The van der Waals surface area contributed by atoms with Gasteiger partial charge in [0.15, 0.2) is 18.1 Å². The van der Waals surface area contributed by atoms with E-state index in [0.717, 1.165) is 31.5 Å². The lowest BCUT2D eigenvalue weighted by atomic mass is 9.89. The Morgan fingerprint density at radius 2 is 1.93 bits per heavy atom. The number of hydrogen-bond donors (Lipinski definition) is 1. The van der Waals surface area contributed by atoms with Crippen LogP contribution in [0.1, 0.15) is 29.9 Å². The third-order valence-corrected chi connectivity index (χ3v) is 5.58. The van der Waals surface area contributed by atoms with Crippen LogP contribution in [0.3, 0.4) is 0 Å². The number of hydrogen-bond acceptors (Lipinski definition) is 3. The normalized spacial score (nSPS) is 15.0.